The van der Waals surface area contributed by atoms with Gasteiger partial charge in [-0.25, -0.2) is 0 Å². The first-order valence-corrected chi connectivity index (χ1v) is 7.09. The van der Waals surface area contributed by atoms with Crippen LogP contribution in [0, 0.1) is 0 Å². The number of benzene rings is 2. The van der Waals surface area contributed by atoms with Crippen LogP contribution in [0.5, 0.6) is 0 Å². The van der Waals surface area contributed by atoms with Gasteiger partial charge in [-0.1, -0.05) is 37.3 Å². The van der Waals surface area contributed by atoms with E-state index in [2.05, 4.69) is 73.9 Å². The second-order valence-corrected chi connectivity index (χ2v) is 5.19. The van der Waals surface area contributed by atoms with Crippen LogP contribution < -0.4 is 0 Å². The molecule has 0 saturated heterocycles. The number of hydrogen-bond acceptors (Lipinski definition) is 0. The third-order valence-corrected chi connectivity index (χ3v) is 4.03. The van der Waals surface area contributed by atoms with E-state index in [-0.39, 0.29) is 0 Å². The zero-order chi connectivity index (χ0) is 13.4. The first-order valence-electron chi connectivity index (χ1n) is 7.09. The number of allylic oxidation sites excluding steroid dienone is 2. The van der Waals surface area contributed by atoms with Crippen LogP contribution in [0.25, 0.3) is 10.8 Å². The van der Waals surface area contributed by atoms with Crippen LogP contribution in [-0.2, 0) is 0 Å². The molecular weight excluding hydrogens is 230 g/mol. The van der Waals surface area contributed by atoms with Crippen molar-refractivity contribution in [3.8, 4) is 0 Å². The molecule has 1 nitrogen and oxygen atoms in total. The van der Waals surface area contributed by atoms with Gasteiger partial charge in [0.05, 0.1) is 10.9 Å². The molecule has 0 aromatic heterocycles. The Bertz CT molecular complexity index is 687. The quantitative estimate of drug-likeness (QED) is 0.697. The van der Waals surface area contributed by atoms with Gasteiger partial charge in [-0.05, 0) is 25.3 Å². The second kappa shape index (κ2) is 4.65. The van der Waals surface area contributed by atoms with Gasteiger partial charge >= 0.3 is 0 Å². The van der Waals surface area contributed by atoms with Crippen molar-refractivity contribution in [1.82, 2.24) is 0 Å². The van der Waals surface area contributed by atoms with Crippen molar-refractivity contribution >= 4 is 22.2 Å². The van der Waals surface area contributed by atoms with E-state index in [1.807, 2.05) is 0 Å². The fraction of sp³-hybridized carbons (Fsp3) is 0.278. The van der Waals surface area contributed by atoms with E-state index in [1.165, 1.54) is 27.7 Å². The van der Waals surface area contributed by atoms with Crippen molar-refractivity contribution in [2.75, 3.05) is 0 Å². The molecular formula is C18H20N+. The lowest BCUT2D eigenvalue weighted by Crippen LogP contribution is -2.21. The van der Waals surface area contributed by atoms with Gasteiger partial charge < -0.3 is 0 Å². The summed E-state index contributed by atoms with van der Waals surface area (Å²) in [5, 5.41) is 2.74. The first kappa shape index (κ1) is 12.2. The van der Waals surface area contributed by atoms with Crippen LogP contribution in [-0.4, -0.2) is 16.3 Å². The number of nitrogens with zero attached hydrogens (tertiary/aromatic N) is 1. The summed E-state index contributed by atoms with van der Waals surface area (Å²) in [4.78, 5) is 0. The lowest BCUT2D eigenvalue weighted by molar-refractivity contribution is -0.476. The van der Waals surface area contributed by atoms with Gasteiger partial charge in [-0.15, -0.1) is 0 Å². The summed E-state index contributed by atoms with van der Waals surface area (Å²) in [5.41, 5.74) is 4.06. The Morgan fingerprint density at radius 3 is 2.58 bits per heavy atom. The molecule has 19 heavy (non-hydrogen) atoms. The summed E-state index contributed by atoms with van der Waals surface area (Å²) >= 11 is 0. The molecule has 1 atom stereocenters. The van der Waals surface area contributed by atoms with Crippen LogP contribution in [0.2, 0.25) is 0 Å². The molecule has 1 aliphatic heterocycles. The SMILES string of the molecule is CC=CC1=[N+](C(C)CC)c2cccc3cccc1c23. The van der Waals surface area contributed by atoms with Gasteiger partial charge in [0.25, 0.3) is 0 Å². The highest BCUT2D eigenvalue weighted by molar-refractivity contribution is 6.19. The highest BCUT2D eigenvalue weighted by Gasteiger charge is 2.32. The Labute approximate surface area is 114 Å². The van der Waals surface area contributed by atoms with Crippen LogP contribution in [0.15, 0.2) is 48.6 Å². The summed E-state index contributed by atoms with van der Waals surface area (Å²) in [6.07, 6.45) is 5.52. The Hall–Kier alpha value is -1.89. The molecule has 0 radical (unpaired) electrons. The van der Waals surface area contributed by atoms with Crippen molar-refractivity contribution in [3.05, 3.63) is 54.1 Å². The molecule has 0 N–H and O–H groups in total. The van der Waals surface area contributed by atoms with Crippen LogP contribution in [0.4, 0.5) is 5.69 Å². The Morgan fingerprint density at radius 1 is 1.16 bits per heavy atom. The molecule has 1 heteroatoms. The Balaban J connectivity index is 2.38. The smallest absolute Gasteiger partial charge is 0.189 e. The van der Waals surface area contributed by atoms with Gasteiger partial charge in [0, 0.05) is 18.6 Å². The van der Waals surface area contributed by atoms with Crippen molar-refractivity contribution < 1.29 is 4.58 Å². The topological polar surface area (TPSA) is 3.01 Å². The second-order valence-electron chi connectivity index (χ2n) is 5.19. The molecule has 0 spiro atoms. The molecule has 2 aromatic carbocycles. The molecule has 2 aromatic rings. The molecule has 0 saturated carbocycles. The van der Waals surface area contributed by atoms with Crippen molar-refractivity contribution in [2.45, 2.75) is 33.2 Å². The minimum Gasteiger partial charge on any atom is -0.189 e. The van der Waals surface area contributed by atoms with Crippen molar-refractivity contribution in [3.63, 3.8) is 0 Å². The van der Waals surface area contributed by atoms with Gasteiger partial charge in [0.1, 0.15) is 0 Å². The van der Waals surface area contributed by atoms with E-state index in [0.717, 1.165) is 6.42 Å². The minimum atomic E-state index is 0.518. The van der Waals surface area contributed by atoms with E-state index in [9.17, 15) is 0 Å². The Morgan fingerprint density at radius 2 is 1.89 bits per heavy atom. The molecule has 0 fully saturated rings. The standard InChI is InChI=1S/C18H20N/c1-4-8-16-15-11-6-9-14-10-7-12-17(18(14)15)19(16)13(3)5-2/h4,6-13H,5H2,1-3H3/q+1. The van der Waals surface area contributed by atoms with E-state index < -0.39 is 0 Å². The molecule has 96 valence electrons. The molecule has 3 rings (SSSR count). The summed E-state index contributed by atoms with van der Waals surface area (Å²) in [6, 6.07) is 13.7. The number of rotatable bonds is 3. The van der Waals surface area contributed by atoms with Gasteiger partial charge in [0.2, 0.25) is 11.4 Å². The highest BCUT2D eigenvalue weighted by atomic mass is 15.1. The van der Waals surface area contributed by atoms with Crippen molar-refractivity contribution in [1.29, 1.82) is 0 Å². The summed E-state index contributed by atoms with van der Waals surface area (Å²) < 4.78 is 2.48. The maximum atomic E-state index is 2.48. The minimum absolute atomic E-state index is 0.518. The van der Waals surface area contributed by atoms with Crippen molar-refractivity contribution in [2.24, 2.45) is 0 Å². The molecule has 1 heterocycles. The highest BCUT2D eigenvalue weighted by Crippen LogP contribution is 2.36. The summed E-state index contributed by atoms with van der Waals surface area (Å²) in [5.74, 6) is 0. The van der Waals surface area contributed by atoms with Gasteiger partial charge in [0.15, 0.2) is 6.04 Å². The third kappa shape index (κ3) is 1.73. The maximum absolute atomic E-state index is 2.48. The molecule has 1 unspecified atom stereocenters. The normalized spacial score (nSPS) is 15.7. The molecule has 0 aliphatic carbocycles. The van der Waals surface area contributed by atoms with E-state index in [4.69, 9.17) is 0 Å². The van der Waals surface area contributed by atoms with E-state index in [0.29, 0.717) is 6.04 Å². The Kier molecular flexibility index (Phi) is 2.98. The van der Waals surface area contributed by atoms with E-state index in [1.54, 1.807) is 0 Å². The monoisotopic (exact) mass is 250 g/mol. The molecule has 0 amide bonds. The lowest BCUT2D eigenvalue weighted by Gasteiger charge is -2.08. The van der Waals surface area contributed by atoms with Crippen LogP contribution in [0.1, 0.15) is 32.8 Å². The zero-order valence-corrected chi connectivity index (χ0v) is 11.9. The lowest BCUT2D eigenvalue weighted by atomic mass is 10.0. The zero-order valence-electron chi connectivity index (χ0n) is 11.9. The predicted octanol–water partition coefficient (Wildman–Crippen LogP) is 4.66. The average Bonchev–Trinajstić information content (AvgIpc) is 2.76. The number of hydrogen-bond donors (Lipinski definition) is 0. The summed E-state index contributed by atoms with van der Waals surface area (Å²) in [7, 11) is 0. The maximum Gasteiger partial charge on any atom is 0.214 e. The fourth-order valence-corrected chi connectivity index (χ4v) is 2.98. The largest absolute Gasteiger partial charge is 0.214 e. The molecule has 0 bridgehead atoms. The van der Waals surface area contributed by atoms with E-state index >= 15 is 0 Å². The third-order valence-electron chi connectivity index (χ3n) is 4.03. The van der Waals surface area contributed by atoms with Gasteiger partial charge in [-0.3, -0.25) is 0 Å². The molecule has 1 aliphatic rings. The summed E-state index contributed by atoms with van der Waals surface area (Å²) in [6.45, 7) is 6.64. The predicted molar refractivity (Wildman–Crippen MR) is 82.5 cm³/mol. The fourth-order valence-electron chi connectivity index (χ4n) is 2.98. The van der Waals surface area contributed by atoms with Gasteiger partial charge in [-0.2, -0.15) is 4.58 Å². The first-order chi connectivity index (χ1) is 9.27. The van der Waals surface area contributed by atoms with Crippen LogP contribution >= 0.6 is 0 Å². The average molecular weight is 250 g/mol. The van der Waals surface area contributed by atoms with Crippen LogP contribution in [0.3, 0.4) is 0 Å².